The first kappa shape index (κ1) is 12.8. The quantitative estimate of drug-likeness (QED) is 0.804. The van der Waals surface area contributed by atoms with Gasteiger partial charge >= 0.3 is 0 Å². The molecule has 102 valence electrons. The van der Waals surface area contributed by atoms with Gasteiger partial charge in [-0.1, -0.05) is 41.2 Å². The molecule has 2 heterocycles. The molecule has 3 rings (SSSR count). The monoisotopic (exact) mass is 286 g/mol. The molecule has 0 aliphatic heterocycles. The molecule has 0 aliphatic rings. The van der Waals surface area contributed by atoms with Crippen LogP contribution in [-0.2, 0) is 6.54 Å². The lowest BCUT2D eigenvalue weighted by Crippen LogP contribution is -2.25. The van der Waals surface area contributed by atoms with Crippen LogP contribution in [0.25, 0.3) is 4.96 Å². The fourth-order valence-corrected chi connectivity index (χ4v) is 2.81. The van der Waals surface area contributed by atoms with Crippen molar-refractivity contribution in [1.29, 1.82) is 0 Å². The summed E-state index contributed by atoms with van der Waals surface area (Å²) in [7, 11) is 0. The molecule has 1 amide bonds. The van der Waals surface area contributed by atoms with Crippen molar-refractivity contribution in [3.63, 3.8) is 0 Å². The van der Waals surface area contributed by atoms with Crippen LogP contribution < -0.4 is 5.32 Å². The molecule has 20 heavy (non-hydrogen) atoms. The van der Waals surface area contributed by atoms with E-state index in [0.717, 1.165) is 10.5 Å². The zero-order valence-electron chi connectivity index (χ0n) is 11.3. The highest BCUT2D eigenvalue weighted by atomic mass is 32.1. The first-order valence-electron chi connectivity index (χ1n) is 6.28. The van der Waals surface area contributed by atoms with Crippen LogP contribution in [-0.4, -0.2) is 20.5 Å². The number of hydrogen-bond acceptors (Lipinski definition) is 4. The molecule has 3 aromatic rings. The Labute approximate surface area is 120 Å². The average molecular weight is 286 g/mol. The minimum absolute atomic E-state index is 0.151. The Kier molecular flexibility index (Phi) is 3.23. The van der Waals surface area contributed by atoms with Crippen LogP contribution in [0.2, 0.25) is 0 Å². The Bertz CT molecular complexity index is 774. The maximum Gasteiger partial charge on any atom is 0.272 e. The van der Waals surface area contributed by atoms with E-state index in [1.807, 2.05) is 32.0 Å². The largest absolute Gasteiger partial charge is 0.347 e. The number of rotatable bonds is 3. The van der Waals surface area contributed by atoms with Crippen molar-refractivity contribution in [3.05, 3.63) is 52.3 Å². The Morgan fingerprint density at radius 3 is 3.05 bits per heavy atom. The van der Waals surface area contributed by atoms with Crippen LogP contribution in [0, 0.1) is 13.8 Å². The summed E-state index contributed by atoms with van der Waals surface area (Å²) in [5.74, 6) is -0.151. The van der Waals surface area contributed by atoms with Gasteiger partial charge in [0.1, 0.15) is 5.51 Å². The van der Waals surface area contributed by atoms with E-state index in [1.165, 1.54) is 16.9 Å². The van der Waals surface area contributed by atoms with Gasteiger partial charge in [-0.2, -0.15) is 9.61 Å². The highest BCUT2D eigenvalue weighted by Gasteiger charge is 2.17. The molecule has 0 aliphatic carbocycles. The van der Waals surface area contributed by atoms with Crippen LogP contribution in [0.4, 0.5) is 0 Å². The summed E-state index contributed by atoms with van der Waals surface area (Å²) in [5, 5.41) is 7.06. The van der Waals surface area contributed by atoms with E-state index in [1.54, 1.807) is 10.0 Å². The average Bonchev–Trinajstić information content (AvgIpc) is 2.95. The number of nitrogens with one attached hydrogen (secondary N) is 1. The van der Waals surface area contributed by atoms with Gasteiger partial charge in [0, 0.05) is 6.54 Å². The Hall–Kier alpha value is -2.21. The van der Waals surface area contributed by atoms with Gasteiger partial charge in [-0.05, 0) is 19.4 Å². The van der Waals surface area contributed by atoms with Crippen molar-refractivity contribution in [3.8, 4) is 0 Å². The second kappa shape index (κ2) is 5.05. The molecule has 0 radical (unpaired) electrons. The molecular weight excluding hydrogens is 272 g/mol. The van der Waals surface area contributed by atoms with Crippen LogP contribution in [0.5, 0.6) is 0 Å². The second-order valence-electron chi connectivity index (χ2n) is 4.65. The lowest BCUT2D eigenvalue weighted by atomic mass is 10.1. The van der Waals surface area contributed by atoms with Crippen molar-refractivity contribution in [2.24, 2.45) is 0 Å². The highest BCUT2D eigenvalue weighted by Crippen LogP contribution is 2.14. The van der Waals surface area contributed by atoms with Crippen LogP contribution in [0.1, 0.15) is 27.3 Å². The molecule has 6 heteroatoms. The van der Waals surface area contributed by atoms with Gasteiger partial charge in [0.05, 0.1) is 5.69 Å². The molecule has 0 atom stereocenters. The number of amides is 1. The van der Waals surface area contributed by atoms with Gasteiger partial charge in [0.2, 0.25) is 4.96 Å². The zero-order chi connectivity index (χ0) is 14.1. The predicted molar refractivity (Wildman–Crippen MR) is 78.0 cm³/mol. The minimum atomic E-state index is -0.151. The standard InChI is InChI=1S/C14H14N4OS/c1-9-4-3-5-11(6-9)7-15-13(19)12-10(2)17-14-18(12)16-8-20-14/h3-6,8H,7H2,1-2H3,(H,15,19). The molecule has 1 aromatic carbocycles. The van der Waals surface area contributed by atoms with E-state index in [2.05, 4.69) is 21.5 Å². The first-order chi connectivity index (χ1) is 9.65. The van der Waals surface area contributed by atoms with Crippen LogP contribution in [0.15, 0.2) is 29.8 Å². The smallest absolute Gasteiger partial charge is 0.272 e. The SMILES string of the molecule is Cc1cccc(CNC(=O)c2c(C)nc3scnn23)c1. The number of aromatic nitrogens is 3. The van der Waals surface area contributed by atoms with Crippen molar-refractivity contribution in [2.45, 2.75) is 20.4 Å². The number of fused-ring (bicyclic) bond motifs is 1. The van der Waals surface area contributed by atoms with Crippen LogP contribution >= 0.6 is 11.3 Å². The molecule has 0 fully saturated rings. The zero-order valence-corrected chi connectivity index (χ0v) is 12.1. The summed E-state index contributed by atoms with van der Waals surface area (Å²) in [5.41, 5.74) is 5.15. The van der Waals surface area contributed by atoms with Crippen molar-refractivity contribution < 1.29 is 4.79 Å². The molecule has 0 unspecified atom stereocenters. The summed E-state index contributed by atoms with van der Waals surface area (Å²) in [6.45, 7) is 4.35. The third kappa shape index (κ3) is 2.30. The highest BCUT2D eigenvalue weighted by molar-refractivity contribution is 7.14. The van der Waals surface area contributed by atoms with Gasteiger partial charge in [-0.15, -0.1) is 0 Å². The normalized spacial score (nSPS) is 10.9. The molecule has 5 nitrogen and oxygen atoms in total. The fourth-order valence-electron chi connectivity index (χ4n) is 2.14. The fraction of sp³-hybridized carbons (Fsp3) is 0.214. The van der Waals surface area contributed by atoms with Gasteiger partial charge in [0.15, 0.2) is 5.69 Å². The van der Waals surface area contributed by atoms with Crippen molar-refractivity contribution >= 4 is 22.2 Å². The lowest BCUT2D eigenvalue weighted by Gasteiger charge is -2.05. The molecule has 0 bridgehead atoms. The summed E-state index contributed by atoms with van der Waals surface area (Å²) in [4.78, 5) is 17.4. The molecule has 1 N–H and O–H groups in total. The van der Waals surface area contributed by atoms with E-state index in [0.29, 0.717) is 17.9 Å². The van der Waals surface area contributed by atoms with E-state index in [9.17, 15) is 4.79 Å². The second-order valence-corrected chi connectivity index (χ2v) is 5.46. The van der Waals surface area contributed by atoms with Gasteiger partial charge in [0.25, 0.3) is 5.91 Å². The number of carbonyl (C=O) groups excluding carboxylic acids is 1. The molecule has 0 saturated heterocycles. The van der Waals surface area contributed by atoms with E-state index in [4.69, 9.17) is 0 Å². The molecule has 2 aromatic heterocycles. The number of carbonyl (C=O) groups is 1. The van der Waals surface area contributed by atoms with Gasteiger partial charge < -0.3 is 5.32 Å². The topological polar surface area (TPSA) is 59.3 Å². The van der Waals surface area contributed by atoms with Crippen molar-refractivity contribution in [2.75, 3.05) is 0 Å². The maximum absolute atomic E-state index is 12.3. The number of hydrogen-bond donors (Lipinski definition) is 1. The predicted octanol–water partition coefficient (Wildman–Crippen LogP) is 2.34. The lowest BCUT2D eigenvalue weighted by molar-refractivity contribution is 0.0943. The van der Waals surface area contributed by atoms with Gasteiger partial charge in [-0.3, -0.25) is 4.79 Å². The van der Waals surface area contributed by atoms with Crippen LogP contribution in [0.3, 0.4) is 0 Å². The summed E-state index contributed by atoms with van der Waals surface area (Å²) >= 11 is 1.42. The summed E-state index contributed by atoms with van der Waals surface area (Å²) in [6, 6.07) is 8.07. The Morgan fingerprint density at radius 1 is 1.40 bits per heavy atom. The number of imidazole rings is 1. The minimum Gasteiger partial charge on any atom is -0.347 e. The molecule has 0 spiro atoms. The van der Waals surface area contributed by atoms with E-state index < -0.39 is 0 Å². The first-order valence-corrected chi connectivity index (χ1v) is 7.15. The summed E-state index contributed by atoms with van der Waals surface area (Å²) < 4.78 is 1.59. The van der Waals surface area contributed by atoms with Crippen molar-refractivity contribution in [1.82, 2.24) is 19.9 Å². The molecular formula is C14H14N4OS. The number of nitrogens with zero attached hydrogens (tertiary/aromatic N) is 3. The summed E-state index contributed by atoms with van der Waals surface area (Å²) in [6.07, 6.45) is 0. The third-order valence-electron chi connectivity index (χ3n) is 3.07. The Morgan fingerprint density at radius 2 is 2.25 bits per heavy atom. The number of aryl methyl sites for hydroxylation is 2. The van der Waals surface area contributed by atoms with Gasteiger partial charge in [-0.25, -0.2) is 4.98 Å². The maximum atomic E-state index is 12.3. The van der Waals surface area contributed by atoms with E-state index in [-0.39, 0.29) is 5.91 Å². The Balaban J connectivity index is 1.79. The molecule has 0 saturated carbocycles. The number of benzene rings is 1. The third-order valence-corrected chi connectivity index (χ3v) is 3.75. The van der Waals surface area contributed by atoms with E-state index >= 15 is 0 Å².